The van der Waals surface area contributed by atoms with Crippen molar-refractivity contribution in [1.82, 2.24) is 0 Å². The van der Waals surface area contributed by atoms with Crippen LogP contribution in [0.25, 0.3) is 10.8 Å². The zero-order valence-electron chi connectivity index (χ0n) is 19.3. The highest BCUT2D eigenvalue weighted by atomic mass is 19.4. The van der Waals surface area contributed by atoms with E-state index in [-0.39, 0.29) is 5.92 Å². The first-order valence-corrected chi connectivity index (χ1v) is 11.3. The molecule has 0 heterocycles. The summed E-state index contributed by atoms with van der Waals surface area (Å²) in [5.41, 5.74) is -1.83. The molecule has 0 saturated heterocycles. The highest BCUT2D eigenvalue weighted by Gasteiger charge is 2.37. The molecular weight excluding hydrogens is 511 g/mol. The molecule has 1 aliphatic rings. The SMILES string of the molecule is CC1CCC(c2cc(F)c(OC(F)(F)c3ccc4c(F)c(C#CC(F)(F)F)c(F)cc4c3)c(F)c2)CC1. The molecule has 4 rings (SSSR count). The predicted molar refractivity (Wildman–Crippen MR) is 118 cm³/mol. The number of halogens is 9. The highest BCUT2D eigenvalue weighted by Crippen LogP contribution is 2.40. The van der Waals surface area contributed by atoms with Crippen molar-refractivity contribution in [3.05, 3.63) is 76.4 Å². The van der Waals surface area contributed by atoms with E-state index in [9.17, 15) is 39.5 Å². The maximum Gasteiger partial charge on any atom is 0.458 e. The molecule has 1 nitrogen and oxygen atoms in total. The number of fused-ring (bicyclic) bond motifs is 1. The summed E-state index contributed by atoms with van der Waals surface area (Å²) in [6.45, 7) is 2.08. The van der Waals surface area contributed by atoms with Gasteiger partial charge < -0.3 is 4.74 Å². The largest absolute Gasteiger partial charge is 0.458 e. The molecule has 1 aliphatic carbocycles. The van der Waals surface area contributed by atoms with E-state index in [0.717, 1.165) is 37.0 Å². The molecule has 3 aromatic rings. The maximum absolute atomic E-state index is 14.9. The molecule has 0 aliphatic heterocycles. The Balaban J connectivity index is 1.64. The van der Waals surface area contributed by atoms with Crippen molar-refractivity contribution in [2.24, 2.45) is 5.92 Å². The van der Waals surface area contributed by atoms with Crippen LogP contribution in [-0.2, 0) is 6.11 Å². The Bertz CT molecular complexity index is 1370. The summed E-state index contributed by atoms with van der Waals surface area (Å²) in [6.07, 6.45) is -6.14. The summed E-state index contributed by atoms with van der Waals surface area (Å²) in [4.78, 5) is 0. The Morgan fingerprint density at radius 1 is 0.811 bits per heavy atom. The second-order valence-corrected chi connectivity index (χ2v) is 9.12. The Morgan fingerprint density at radius 2 is 1.43 bits per heavy atom. The molecule has 0 atom stereocenters. The van der Waals surface area contributed by atoms with Crippen LogP contribution in [0.2, 0.25) is 0 Å². The van der Waals surface area contributed by atoms with Crippen LogP contribution in [0, 0.1) is 41.0 Å². The van der Waals surface area contributed by atoms with Crippen molar-refractivity contribution >= 4 is 10.8 Å². The lowest BCUT2D eigenvalue weighted by molar-refractivity contribution is -0.188. The first-order valence-electron chi connectivity index (χ1n) is 11.3. The predicted octanol–water partition coefficient (Wildman–Crippen LogP) is 8.73. The molecule has 10 heteroatoms. The van der Waals surface area contributed by atoms with Crippen molar-refractivity contribution in [3.63, 3.8) is 0 Å². The van der Waals surface area contributed by atoms with E-state index in [1.54, 1.807) is 0 Å². The Labute approximate surface area is 206 Å². The second-order valence-electron chi connectivity index (χ2n) is 9.12. The van der Waals surface area contributed by atoms with Crippen LogP contribution in [0.1, 0.15) is 55.2 Å². The molecule has 1 saturated carbocycles. The Morgan fingerprint density at radius 3 is 2.03 bits per heavy atom. The van der Waals surface area contributed by atoms with Crippen molar-refractivity contribution in [1.29, 1.82) is 0 Å². The molecule has 37 heavy (non-hydrogen) atoms. The number of hydrogen-bond acceptors (Lipinski definition) is 1. The first-order chi connectivity index (χ1) is 17.2. The molecule has 3 aromatic carbocycles. The van der Waals surface area contributed by atoms with Gasteiger partial charge in [0.05, 0.1) is 11.1 Å². The van der Waals surface area contributed by atoms with Crippen LogP contribution in [0.4, 0.5) is 39.5 Å². The first kappa shape index (κ1) is 26.7. The highest BCUT2D eigenvalue weighted by molar-refractivity contribution is 5.85. The number of hydrogen-bond donors (Lipinski definition) is 0. The minimum Gasteiger partial charge on any atom is -0.423 e. The van der Waals surface area contributed by atoms with Gasteiger partial charge in [-0.05, 0) is 66.0 Å². The minimum absolute atomic E-state index is 0.106. The summed E-state index contributed by atoms with van der Waals surface area (Å²) >= 11 is 0. The quantitative estimate of drug-likeness (QED) is 0.242. The van der Waals surface area contributed by atoms with Gasteiger partial charge in [-0.1, -0.05) is 31.8 Å². The molecule has 0 spiro atoms. The fourth-order valence-corrected chi connectivity index (χ4v) is 4.45. The van der Waals surface area contributed by atoms with Gasteiger partial charge in [0, 0.05) is 11.3 Å². The summed E-state index contributed by atoms with van der Waals surface area (Å²) in [7, 11) is 0. The third-order valence-electron chi connectivity index (χ3n) is 6.43. The van der Waals surface area contributed by atoms with Gasteiger partial charge in [0.15, 0.2) is 17.4 Å². The third-order valence-corrected chi connectivity index (χ3v) is 6.43. The Kier molecular flexibility index (Phi) is 7.10. The van der Waals surface area contributed by atoms with Crippen LogP contribution in [0.15, 0.2) is 36.4 Å². The van der Waals surface area contributed by atoms with Gasteiger partial charge >= 0.3 is 12.3 Å². The minimum atomic E-state index is -5.01. The lowest BCUT2D eigenvalue weighted by atomic mass is 9.79. The van der Waals surface area contributed by atoms with Crippen LogP contribution in [0.5, 0.6) is 5.75 Å². The monoisotopic (exact) mass is 530 g/mol. The van der Waals surface area contributed by atoms with E-state index < -0.39 is 63.2 Å². The lowest BCUT2D eigenvalue weighted by Gasteiger charge is -2.27. The molecule has 0 aromatic heterocycles. The van der Waals surface area contributed by atoms with Gasteiger partial charge in [-0.3, -0.25) is 0 Å². The van der Waals surface area contributed by atoms with Crippen LogP contribution in [-0.4, -0.2) is 6.18 Å². The van der Waals surface area contributed by atoms with Crippen LogP contribution in [0.3, 0.4) is 0 Å². The topological polar surface area (TPSA) is 9.23 Å². The van der Waals surface area contributed by atoms with Crippen molar-refractivity contribution in [2.75, 3.05) is 0 Å². The van der Waals surface area contributed by atoms with E-state index in [4.69, 9.17) is 0 Å². The van der Waals surface area contributed by atoms with Crippen LogP contribution < -0.4 is 4.74 Å². The standard InChI is InChI=1S/C27H19F9O/c1-14-2-4-15(5-3-14)16-11-22(29)25(23(30)12-16)37-27(35,36)18-6-7-19-17(10-18)13-21(28)20(24(19)31)8-9-26(32,33)34/h6-7,10-15H,2-5H2,1H3. The number of benzene rings is 3. The summed E-state index contributed by atoms with van der Waals surface area (Å²) in [6, 6.07) is 4.47. The molecule has 0 amide bonds. The second kappa shape index (κ2) is 9.84. The van der Waals surface area contributed by atoms with Gasteiger partial charge in [-0.25, -0.2) is 17.6 Å². The molecule has 0 N–H and O–H groups in total. The van der Waals surface area contributed by atoms with Crippen molar-refractivity contribution in [3.8, 4) is 17.6 Å². The van der Waals surface area contributed by atoms with Gasteiger partial charge in [-0.2, -0.15) is 22.0 Å². The average molecular weight is 530 g/mol. The molecule has 196 valence electrons. The van der Waals surface area contributed by atoms with Gasteiger partial charge in [0.2, 0.25) is 0 Å². The summed E-state index contributed by atoms with van der Waals surface area (Å²) < 4.78 is 129. The smallest absolute Gasteiger partial charge is 0.423 e. The maximum atomic E-state index is 14.9. The number of ether oxygens (including phenoxy) is 1. The molecule has 0 radical (unpaired) electrons. The van der Waals surface area contributed by atoms with E-state index in [2.05, 4.69) is 11.7 Å². The van der Waals surface area contributed by atoms with Crippen molar-refractivity contribution < 1.29 is 44.3 Å². The molecule has 1 fully saturated rings. The number of alkyl halides is 5. The summed E-state index contributed by atoms with van der Waals surface area (Å²) in [5, 5.41) is -0.938. The fraction of sp³-hybridized carbons (Fsp3) is 0.333. The fourth-order valence-electron chi connectivity index (χ4n) is 4.45. The lowest BCUT2D eigenvalue weighted by Crippen LogP contribution is -2.23. The van der Waals surface area contributed by atoms with E-state index in [1.165, 1.54) is 5.92 Å². The van der Waals surface area contributed by atoms with Gasteiger partial charge in [0.1, 0.15) is 11.6 Å². The molecule has 0 bridgehead atoms. The molecular formula is C27H19F9O. The van der Waals surface area contributed by atoms with E-state index >= 15 is 0 Å². The van der Waals surface area contributed by atoms with Gasteiger partial charge in [0.25, 0.3) is 0 Å². The third kappa shape index (κ3) is 5.81. The van der Waals surface area contributed by atoms with E-state index in [1.807, 2.05) is 0 Å². The van der Waals surface area contributed by atoms with Gasteiger partial charge in [-0.15, -0.1) is 0 Å². The zero-order valence-corrected chi connectivity index (χ0v) is 19.3. The normalized spacial score (nSPS) is 18.4. The summed E-state index contributed by atoms with van der Waals surface area (Å²) in [5.74, 6) is -4.45. The number of rotatable bonds is 4. The van der Waals surface area contributed by atoms with E-state index in [0.29, 0.717) is 42.5 Å². The molecule has 0 unspecified atom stereocenters. The van der Waals surface area contributed by atoms with Crippen LogP contribution >= 0.6 is 0 Å². The Hall–Kier alpha value is -3.35. The zero-order chi connectivity index (χ0) is 27.1. The average Bonchev–Trinajstić information content (AvgIpc) is 2.80. The van der Waals surface area contributed by atoms with Crippen molar-refractivity contribution in [2.45, 2.75) is 50.8 Å².